The first kappa shape index (κ1) is 15.3. The Morgan fingerprint density at radius 1 is 1.60 bits per heavy atom. The minimum atomic E-state index is -0.871. The van der Waals surface area contributed by atoms with Crippen LogP contribution in [0.15, 0.2) is 0 Å². The predicted octanol–water partition coefficient (Wildman–Crippen LogP) is 2.97. The molecule has 2 atom stereocenters. The van der Waals surface area contributed by atoms with E-state index in [1.54, 1.807) is 0 Å². The Morgan fingerprint density at radius 3 is 2.95 bits per heavy atom. The van der Waals surface area contributed by atoms with Gasteiger partial charge in [0.2, 0.25) is 0 Å². The number of carboxylic acid groups (broad SMARTS) is 1. The zero-order valence-corrected chi connectivity index (χ0v) is 13.1. The van der Waals surface area contributed by atoms with Crippen molar-refractivity contribution in [1.82, 2.24) is 4.98 Å². The van der Waals surface area contributed by atoms with Crippen LogP contribution in [0.4, 0.5) is 5.13 Å². The smallest absolute Gasteiger partial charge is 0.347 e. The Labute approximate surface area is 123 Å². The van der Waals surface area contributed by atoms with Gasteiger partial charge in [-0.3, -0.25) is 0 Å². The normalized spacial score (nSPS) is 20.9. The van der Waals surface area contributed by atoms with Crippen LogP contribution in [-0.2, 0) is 4.74 Å². The van der Waals surface area contributed by atoms with Crippen LogP contribution in [0, 0.1) is 0 Å². The van der Waals surface area contributed by atoms with Crippen molar-refractivity contribution in [3.63, 3.8) is 0 Å². The number of hydrogen-bond acceptors (Lipinski definition) is 5. The van der Waals surface area contributed by atoms with E-state index in [-0.39, 0.29) is 12.0 Å². The molecule has 2 rings (SSSR count). The molecule has 20 heavy (non-hydrogen) atoms. The van der Waals surface area contributed by atoms with Crippen LogP contribution in [0.1, 0.15) is 54.9 Å². The summed E-state index contributed by atoms with van der Waals surface area (Å²) in [4.78, 5) is 18.5. The first-order chi connectivity index (χ1) is 9.56. The molecule has 0 saturated carbocycles. The number of rotatable bonds is 5. The van der Waals surface area contributed by atoms with Crippen LogP contribution in [0.25, 0.3) is 0 Å². The van der Waals surface area contributed by atoms with Crippen LogP contribution in [-0.4, -0.2) is 41.9 Å². The van der Waals surface area contributed by atoms with Crippen LogP contribution < -0.4 is 4.90 Å². The summed E-state index contributed by atoms with van der Waals surface area (Å²) in [7, 11) is 0. The van der Waals surface area contributed by atoms with Crippen molar-refractivity contribution in [1.29, 1.82) is 0 Å². The van der Waals surface area contributed by atoms with E-state index in [4.69, 9.17) is 4.74 Å². The van der Waals surface area contributed by atoms with Crippen molar-refractivity contribution in [3.8, 4) is 0 Å². The third-order valence-electron chi connectivity index (χ3n) is 3.78. The number of hydrogen-bond donors (Lipinski definition) is 1. The van der Waals surface area contributed by atoms with E-state index < -0.39 is 5.97 Å². The number of morpholine rings is 1. The standard InChI is InChI=1S/C14H22N2O3S/c1-4-9(3)11-12(13(17)18)20-14(15-11)16-6-7-19-10(5-2)8-16/h9-10H,4-8H2,1-3H3,(H,17,18). The number of carboxylic acids is 1. The molecule has 1 N–H and O–H groups in total. The van der Waals surface area contributed by atoms with Gasteiger partial charge in [-0.15, -0.1) is 0 Å². The van der Waals surface area contributed by atoms with E-state index >= 15 is 0 Å². The number of nitrogens with zero attached hydrogens (tertiary/aromatic N) is 2. The molecule has 1 saturated heterocycles. The highest BCUT2D eigenvalue weighted by Gasteiger charge is 2.26. The van der Waals surface area contributed by atoms with Gasteiger partial charge in [-0.2, -0.15) is 0 Å². The Balaban J connectivity index is 2.26. The lowest BCUT2D eigenvalue weighted by atomic mass is 10.0. The second kappa shape index (κ2) is 6.54. The molecule has 1 aliphatic heterocycles. The quantitative estimate of drug-likeness (QED) is 0.905. The molecule has 0 amide bonds. The highest BCUT2D eigenvalue weighted by molar-refractivity contribution is 7.17. The summed E-state index contributed by atoms with van der Waals surface area (Å²) < 4.78 is 5.65. The molecule has 1 fully saturated rings. The summed E-state index contributed by atoms with van der Waals surface area (Å²) >= 11 is 1.29. The largest absolute Gasteiger partial charge is 0.477 e. The SMILES string of the molecule is CCC1CN(c2nc(C(C)CC)c(C(=O)O)s2)CCO1. The van der Waals surface area contributed by atoms with E-state index in [0.717, 1.165) is 36.8 Å². The third kappa shape index (κ3) is 3.12. The van der Waals surface area contributed by atoms with Gasteiger partial charge in [-0.1, -0.05) is 32.1 Å². The summed E-state index contributed by atoms with van der Waals surface area (Å²) in [5.74, 6) is -0.696. The van der Waals surface area contributed by atoms with Gasteiger partial charge in [0, 0.05) is 13.1 Å². The first-order valence-corrected chi connectivity index (χ1v) is 7.99. The van der Waals surface area contributed by atoms with E-state index in [1.807, 2.05) is 6.92 Å². The van der Waals surface area contributed by atoms with Gasteiger partial charge in [-0.25, -0.2) is 9.78 Å². The highest BCUT2D eigenvalue weighted by atomic mass is 32.1. The molecular weight excluding hydrogens is 276 g/mol. The fourth-order valence-corrected chi connectivity index (χ4v) is 3.34. The molecule has 0 aromatic carbocycles. The fraction of sp³-hybridized carbons (Fsp3) is 0.714. The van der Waals surface area contributed by atoms with Crippen molar-refractivity contribution in [2.45, 2.75) is 45.6 Å². The maximum atomic E-state index is 11.4. The lowest BCUT2D eigenvalue weighted by molar-refractivity contribution is 0.0384. The summed E-state index contributed by atoms with van der Waals surface area (Å²) in [5, 5.41) is 10.2. The molecule has 2 heterocycles. The molecule has 1 aromatic rings. The number of aromatic carboxylic acids is 1. The minimum absolute atomic E-state index is 0.175. The average molecular weight is 298 g/mol. The average Bonchev–Trinajstić information content (AvgIpc) is 2.92. The van der Waals surface area contributed by atoms with Gasteiger partial charge in [0.1, 0.15) is 4.88 Å². The number of ether oxygens (including phenoxy) is 1. The Hall–Kier alpha value is -1.14. The molecule has 6 heteroatoms. The van der Waals surface area contributed by atoms with Gasteiger partial charge in [0.25, 0.3) is 0 Å². The lowest BCUT2D eigenvalue weighted by Crippen LogP contribution is -2.42. The Morgan fingerprint density at radius 2 is 2.35 bits per heavy atom. The Bertz CT molecular complexity index is 475. The van der Waals surface area contributed by atoms with Crippen molar-refractivity contribution >= 4 is 22.4 Å². The van der Waals surface area contributed by atoms with Crippen LogP contribution in [0.2, 0.25) is 0 Å². The van der Waals surface area contributed by atoms with E-state index in [0.29, 0.717) is 11.5 Å². The van der Waals surface area contributed by atoms with Gasteiger partial charge in [0.05, 0.1) is 18.4 Å². The topological polar surface area (TPSA) is 62.7 Å². The van der Waals surface area contributed by atoms with Crippen LogP contribution in [0.3, 0.4) is 0 Å². The van der Waals surface area contributed by atoms with E-state index in [1.165, 1.54) is 11.3 Å². The number of anilines is 1. The molecule has 0 aliphatic carbocycles. The molecule has 0 spiro atoms. The highest BCUT2D eigenvalue weighted by Crippen LogP contribution is 2.33. The molecule has 0 bridgehead atoms. The van der Waals surface area contributed by atoms with Crippen LogP contribution in [0.5, 0.6) is 0 Å². The fourth-order valence-electron chi connectivity index (χ4n) is 2.28. The summed E-state index contributed by atoms with van der Waals surface area (Å²) in [6.07, 6.45) is 2.07. The monoisotopic (exact) mass is 298 g/mol. The van der Waals surface area contributed by atoms with E-state index in [9.17, 15) is 9.90 Å². The van der Waals surface area contributed by atoms with Gasteiger partial charge in [-0.05, 0) is 18.8 Å². The number of aromatic nitrogens is 1. The van der Waals surface area contributed by atoms with Crippen molar-refractivity contribution in [2.75, 3.05) is 24.6 Å². The van der Waals surface area contributed by atoms with Crippen LogP contribution >= 0.6 is 11.3 Å². The zero-order chi connectivity index (χ0) is 14.7. The molecule has 2 unspecified atom stereocenters. The zero-order valence-electron chi connectivity index (χ0n) is 12.3. The van der Waals surface area contributed by atoms with Crippen molar-refractivity contribution < 1.29 is 14.6 Å². The maximum absolute atomic E-state index is 11.4. The summed E-state index contributed by atoms with van der Waals surface area (Å²) in [6.45, 7) is 8.44. The summed E-state index contributed by atoms with van der Waals surface area (Å²) in [5.41, 5.74) is 0.722. The van der Waals surface area contributed by atoms with Gasteiger partial charge >= 0.3 is 5.97 Å². The molecular formula is C14H22N2O3S. The molecule has 112 valence electrons. The number of thiazole rings is 1. The Kier molecular flexibility index (Phi) is 4.99. The maximum Gasteiger partial charge on any atom is 0.347 e. The van der Waals surface area contributed by atoms with Crippen molar-refractivity contribution in [3.05, 3.63) is 10.6 Å². The second-order valence-electron chi connectivity index (χ2n) is 5.17. The lowest BCUT2D eigenvalue weighted by Gasteiger charge is -2.32. The predicted molar refractivity (Wildman–Crippen MR) is 80.0 cm³/mol. The molecule has 1 aliphatic rings. The van der Waals surface area contributed by atoms with Crippen molar-refractivity contribution in [2.24, 2.45) is 0 Å². The van der Waals surface area contributed by atoms with Gasteiger partial charge in [0.15, 0.2) is 5.13 Å². The minimum Gasteiger partial charge on any atom is -0.477 e. The van der Waals surface area contributed by atoms with Gasteiger partial charge < -0.3 is 14.7 Å². The molecule has 5 nitrogen and oxygen atoms in total. The number of carbonyl (C=O) groups is 1. The molecule has 0 radical (unpaired) electrons. The molecule has 1 aromatic heterocycles. The second-order valence-corrected chi connectivity index (χ2v) is 6.15. The van der Waals surface area contributed by atoms with E-state index in [2.05, 4.69) is 23.7 Å². The first-order valence-electron chi connectivity index (χ1n) is 7.17. The third-order valence-corrected chi connectivity index (χ3v) is 4.90. The summed E-state index contributed by atoms with van der Waals surface area (Å²) in [6, 6.07) is 0.